The summed E-state index contributed by atoms with van der Waals surface area (Å²) in [7, 11) is 3.42. The molecule has 0 heterocycles. The van der Waals surface area contributed by atoms with Gasteiger partial charge in [0, 0.05) is 14.2 Å². The van der Waals surface area contributed by atoms with E-state index in [9.17, 15) is 0 Å². The third kappa shape index (κ3) is 1.92. The van der Waals surface area contributed by atoms with Crippen molar-refractivity contribution in [3.05, 3.63) is 0 Å². The molecule has 0 bridgehead atoms. The molecular formula is C8H17NO2. The van der Waals surface area contributed by atoms with Gasteiger partial charge in [-0.3, -0.25) is 0 Å². The minimum Gasteiger partial charge on any atom is -0.380 e. The SMILES string of the molecule is COC1CCCC(OC)C1N. The second-order valence-electron chi connectivity index (χ2n) is 3.06. The summed E-state index contributed by atoms with van der Waals surface area (Å²) in [5, 5.41) is 0. The third-order valence-corrected chi connectivity index (χ3v) is 2.44. The van der Waals surface area contributed by atoms with Crippen molar-refractivity contribution < 1.29 is 9.47 Å². The summed E-state index contributed by atoms with van der Waals surface area (Å²) >= 11 is 0. The van der Waals surface area contributed by atoms with Crippen molar-refractivity contribution in [3.8, 4) is 0 Å². The molecule has 1 aliphatic carbocycles. The quantitative estimate of drug-likeness (QED) is 0.639. The maximum atomic E-state index is 5.89. The molecule has 3 nitrogen and oxygen atoms in total. The average molecular weight is 159 g/mol. The van der Waals surface area contributed by atoms with Crippen LogP contribution in [0.5, 0.6) is 0 Å². The lowest BCUT2D eigenvalue weighted by molar-refractivity contribution is -0.0279. The minimum absolute atomic E-state index is 0.0544. The first-order chi connectivity index (χ1) is 5.29. The molecule has 0 aromatic carbocycles. The molecule has 66 valence electrons. The monoisotopic (exact) mass is 159 g/mol. The van der Waals surface area contributed by atoms with Crippen LogP contribution in [0.1, 0.15) is 19.3 Å². The maximum absolute atomic E-state index is 5.89. The molecular weight excluding hydrogens is 142 g/mol. The Balaban J connectivity index is 2.45. The lowest BCUT2D eigenvalue weighted by atomic mass is 9.90. The van der Waals surface area contributed by atoms with E-state index in [0.717, 1.165) is 19.3 Å². The second kappa shape index (κ2) is 4.04. The fraction of sp³-hybridized carbons (Fsp3) is 1.00. The Morgan fingerprint density at radius 2 is 1.55 bits per heavy atom. The van der Waals surface area contributed by atoms with E-state index in [4.69, 9.17) is 15.2 Å². The Morgan fingerprint density at radius 1 is 1.09 bits per heavy atom. The van der Waals surface area contributed by atoms with E-state index in [-0.39, 0.29) is 18.2 Å². The van der Waals surface area contributed by atoms with E-state index in [2.05, 4.69) is 0 Å². The van der Waals surface area contributed by atoms with Gasteiger partial charge >= 0.3 is 0 Å². The van der Waals surface area contributed by atoms with E-state index >= 15 is 0 Å². The van der Waals surface area contributed by atoms with Crippen molar-refractivity contribution in [2.75, 3.05) is 14.2 Å². The fourth-order valence-electron chi connectivity index (χ4n) is 1.69. The van der Waals surface area contributed by atoms with E-state index < -0.39 is 0 Å². The van der Waals surface area contributed by atoms with Crippen molar-refractivity contribution in [3.63, 3.8) is 0 Å². The average Bonchev–Trinajstić information content (AvgIpc) is 2.05. The van der Waals surface area contributed by atoms with Crippen LogP contribution in [-0.4, -0.2) is 32.5 Å². The van der Waals surface area contributed by atoms with Gasteiger partial charge in [0.25, 0.3) is 0 Å². The first-order valence-electron chi connectivity index (χ1n) is 4.10. The smallest absolute Gasteiger partial charge is 0.0747 e. The lowest BCUT2D eigenvalue weighted by Crippen LogP contribution is -2.49. The van der Waals surface area contributed by atoms with Crippen LogP contribution in [0.4, 0.5) is 0 Å². The van der Waals surface area contributed by atoms with Crippen LogP contribution in [0.25, 0.3) is 0 Å². The van der Waals surface area contributed by atoms with E-state index in [1.54, 1.807) is 14.2 Å². The zero-order valence-corrected chi connectivity index (χ0v) is 7.25. The number of methoxy groups -OCH3 is 2. The number of hydrogen-bond donors (Lipinski definition) is 1. The van der Waals surface area contributed by atoms with E-state index in [0.29, 0.717) is 0 Å². The first kappa shape index (κ1) is 8.97. The number of nitrogens with two attached hydrogens (primary N) is 1. The molecule has 1 rings (SSSR count). The van der Waals surface area contributed by atoms with Gasteiger partial charge in [-0.1, -0.05) is 0 Å². The highest BCUT2D eigenvalue weighted by Crippen LogP contribution is 2.21. The summed E-state index contributed by atoms with van der Waals surface area (Å²) in [4.78, 5) is 0. The van der Waals surface area contributed by atoms with Crippen LogP contribution >= 0.6 is 0 Å². The highest BCUT2D eigenvalue weighted by atomic mass is 16.5. The van der Waals surface area contributed by atoms with Gasteiger partial charge in [-0.15, -0.1) is 0 Å². The Hall–Kier alpha value is -0.120. The molecule has 0 saturated heterocycles. The Labute approximate surface area is 67.9 Å². The van der Waals surface area contributed by atoms with Crippen LogP contribution in [-0.2, 0) is 9.47 Å². The summed E-state index contributed by atoms with van der Waals surface area (Å²) in [5.74, 6) is 0. The van der Waals surface area contributed by atoms with Gasteiger partial charge in [0.15, 0.2) is 0 Å². The maximum Gasteiger partial charge on any atom is 0.0747 e. The summed E-state index contributed by atoms with van der Waals surface area (Å²) in [6.07, 6.45) is 3.67. The fourth-order valence-corrected chi connectivity index (χ4v) is 1.69. The topological polar surface area (TPSA) is 44.5 Å². The Bertz CT molecular complexity index is 107. The molecule has 2 unspecified atom stereocenters. The zero-order chi connectivity index (χ0) is 8.27. The Kier molecular flexibility index (Phi) is 3.30. The minimum atomic E-state index is 0.0544. The first-order valence-corrected chi connectivity index (χ1v) is 4.10. The molecule has 0 aliphatic heterocycles. The van der Waals surface area contributed by atoms with Gasteiger partial charge in [0.05, 0.1) is 18.2 Å². The predicted octanol–water partition coefficient (Wildman–Crippen LogP) is 0.528. The van der Waals surface area contributed by atoms with Crippen LogP contribution in [0.2, 0.25) is 0 Å². The van der Waals surface area contributed by atoms with Crippen LogP contribution in [0.15, 0.2) is 0 Å². The molecule has 11 heavy (non-hydrogen) atoms. The standard InChI is InChI=1S/C8H17NO2/c1-10-6-4-3-5-7(11-2)8(6)9/h6-8H,3-5,9H2,1-2H3. The summed E-state index contributed by atoms with van der Waals surface area (Å²) in [6, 6.07) is 0.0544. The van der Waals surface area contributed by atoms with Gasteiger partial charge in [0.2, 0.25) is 0 Å². The van der Waals surface area contributed by atoms with Crippen molar-refractivity contribution in [2.24, 2.45) is 5.73 Å². The van der Waals surface area contributed by atoms with Crippen LogP contribution < -0.4 is 5.73 Å². The van der Waals surface area contributed by atoms with Crippen molar-refractivity contribution >= 4 is 0 Å². The molecule has 1 fully saturated rings. The second-order valence-corrected chi connectivity index (χ2v) is 3.06. The van der Waals surface area contributed by atoms with Gasteiger partial charge < -0.3 is 15.2 Å². The molecule has 0 radical (unpaired) electrons. The lowest BCUT2D eigenvalue weighted by Gasteiger charge is -2.33. The molecule has 1 saturated carbocycles. The molecule has 0 aromatic heterocycles. The normalized spacial score (nSPS) is 39.0. The van der Waals surface area contributed by atoms with Crippen molar-refractivity contribution in [2.45, 2.75) is 37.5 Å². The zero-order valence-electron chi connectivity index (χ0n) is 7.25. The molecule has 0 aromatic rings. The van der Waals surface area contributed by atoms with E-state index in [1.807, 2.05) is 0 Å². The van der Waals surface area contributed by atoms with Crippen molar-refractivity contribution in [1.82, 2.24) is 0 Å². The molecule has 0 amide bonds. The number of rotatable bonds is 2. The van der Waals surface area contributed by atoms with Crippen molar-refractivity contribution in [1.29, 1.82) is 0 Å². The molecule has 0 spiro atoms. The molecule has 2 atom stereocenters. The highest BCUT2D eigenvalue weighted by molar-refractivity contribution is 4.86. The third-order valence-electron chi connectivity index (χ3n) is 2.44. The van der Waals surface area contributed by atoms with Gasteiger partial charge in [0.1, 0.15) is 0 Å². The number of hydrogen-bond acceptors (Lipinski definition) is 3. The summed E-state index contributed by atoms with van der Waals surface area (Å²) in [5.41, 5.74) is 5.89. The van der Waals surface area contributed by atoms with Crippen LogP contribution in [0, 0.1) is 0 Å². The summed E-state index contributed by atoms with van der Waals surface area (Å²) < 4.78 is 10.5. The predicted molar refractivity (Wildman–Crippen MR) is 43.4 cm³/mol. The van der Waals surface area contributed by atoms with E-state index in [1.165, 1.54) is 0 Å². The molecule has 3 heteroatoms. The number of ether oxygens (including phenoxy) is 2. The van der Waals surface area contributed by atoms with Gasteiger partial charge in [-0.05, 0) is 19.3 Å². The molecule has 1 aliphatic rings. The van der Waals surface area contributed by atoms with Gasteiger partial charge in [-0.25, -0.2) is 0 Å². The molecule has 2 N–H and O–H groups in total. The highest BCUT2D eigenvalue weighted by Gasteiger charge is 2.30. The largest absolute Gasteiger partial charge is 0.380 e. The van der Waals surface area contributed by atoms with Gasteiger partial charge in [-0.2, -0.15) is 0 Å². The Morgan fingerprint density at radius 3 is 1.91 bits per heavy atom. The summed E-state index contributed by atoms with van der Waals surface area (Å²) in [6.45, 7) is 0. The van der Waals surface area contributed by atoms with Crippen LogP contribution in [0.3, 0.4) is 0 Å².